The molecule has 1 aromatic rings. The number of carboxylic acids is 1. The van der Waals surface area contributed by atoms with Crippen LogP contribution in [-0.4, -0.2) is 34.1 Å². The number of aromatic nitrogens is 1. The number of carbonyl (C=O) groups is 1. The van der Waals surface area contributed by atoms with Crippen LogP contribution < -0.4 is 4.90 Å². The third-order valence-electron chi connectivity index (χ3n) is 3.90. The van der Waals surface area contributed by atoms with Gasteiger partial charge in [0.25, 0.3) is 0 Å². The topological polar surface area (TPSA) is 96.6 Å². The van der Waals surface area contributed by atoms with Crippen molar-refractivity contribution in [3.8, 4) is 0 Å². The van der Waals surface area contributed by atoms with Crippen molar-refractivity contribution in [1.82, 2.24) is 4.98 Å². The van der Waals surface area contributed by atoms with Crippen LogP contribution in [0.5, 0.6) is 0 Å². The van der Waals surface area contributed by atoms with E-state index in [-0.39, 0.29) is 17.2 Å². The molecule has 20 heavy (non-hydrogen) atoms. The second-order valence-electron chi connectivity index (χ2n) is 5.29. The number of carboxylic acid groups (broad SMARTS) is 1. The number of anilines is 1. The minimum Gasteiger partial charge on any atom is -0.477 e. The van der Waals surface area contributed by atoms with E-state index >= 15 is 0 Å². The molecule has 0 aromatic carbocycles. The fourth-order valence-corrected chi connectivity index (χ4v) is 2.39. The highest BCUT2D eigenvalue weighted by Gasteiger charge is 2.29. The molecule has 7 heteroatoms. The van der Waals surface area contributed by atoms with Crippen LogP contribution in [0.25, 0.3) is 0 Å². The number of rotatable bonds is 3. The summed E-state index contributed by atoms with van der Waals surface area (Å²) >= 11 is 0. The van der Waals surface area contributed by atoms with E-state index in [0.29, 0.717) is 24.9 Å². The molecule has 0 aliphatic carbocycles. The summed E-state index contributed by atoms with van der Waals surface area (Å²) in [4.78, 5) is 27.3. The first-order chi connectivity index (χ1) is 9.40. The molecule has 0 bridgehead atoms. The van der Waals surface area contributed by atoms with Crippen molar-refractivity contribution in [2.24, 2.45) is 11.8 Å². The first kappa shape index (κ1) is 14.2. The van der Waals surface area contributed by atoms with E-state index in [4.69, 9.17) is 5.11 Å². The highest BCUT2D eigenvalue weighted by atomic mass is 16.6. The number of aromatic carboxylic acids is 1. The molecule has 7 nitrogen and oxygen atoms in total. The average molecular weight is 279 g/mol. The van der Waals surface area contributed by atoms with Crippen molar-refractivity contribution in [3.05, 3.63) is 27.9 Å². The summed E-state index contributed by atoms with van der Waals surface area (Å²) in [7, 11) is 0. The fraction of sp³-hybridized carbons (Fsp3) is 0.538. The van der Waals surface area contributed by atoms with Crippen molar-refractivity contribution >= 4 is 17.5 Å². The van der Waals surface area contributed by atoms with E-state index in [1.165, 1.54) is 12.1 Å². The maximum Gasteiger partial charge on any atom is 0.354 e. The van der Waals surface area contributed by atoms with Crippen LogP contribution in [0.2, 0.25) is 0 Å². The lowest BCUT2D eigenvalue weighted by molar-refractivity contribution is -0.384. The minimum absolute atomic E-state index is 0.142. The molecule has 1 aliphatic rings. The normalized spacial score (nSPS) is 22.6. The smallest absolute Gasteiger partial charge is 0.354 e. The van der Waals surface area contributed by atoms with Gasteiger partial charge in [-0.2, -0.15) is 0 Å². The maximum absolute atomic E-state index is 11.1. The standard InChI is InChI=1S/C13H17N3O4/c1-8-5-6-15(7-9(8)2)12-11(16(19)20)4-3-10(14-12)13(17)18/h3-4,8-9H,5-7H2,1-2H3,(H,17,18). The molecule has 0 spiro atoms. The highest BCUT2D eigenvalue weighted by molar-refractivity contribution is 5.86. The van der Waals surface area contributed by atoms with Gasteiger partial charge in [0.15, 0.2) is 5.69 Å². The van der Waals surface area contributed by atoms with Gasteiger partial charge in [0, 0.05) is 19.2 Å². The summed E-state index contributed by atoms with van der Waals surface area (Å²) in [5.74, 6) is -0.0835. The molecule has 1 N–H and O–H groups in total. The Kier molecular flexibility index (Phi) is 3.87. The Balaban J connectivity index is 2.39. The lowest BCUT2D eigenvalue weighted by Crippen LogP contribution is -2.39. The van der Waals surface area contributed by atoms with Gasteiger partial charge in [0.2, 0.25) is 5.82 Å². The molecule has 1 aromatic heterocycles. The van der Waals surface area contributed by atoms with E-state index in [1.807, 2.05) is 4.90 Å². The van der Waals surface area contributed by atoms with Gasteiger partial charge in [-0.25, -0.2) is 9.78 Å². The minimum atomic E-state index is -1.18. The quantitative estimate of drug-likeness (QED) is 0.672. The lowest BCUT2D eigenvalue weighted by Gasteiger charge is -2.35. The second kappa shape index (κ2) is 5.44. The third kappa shape index (κ3) is 2.71. The van der Waals surface area contributed by atoms with Gasteiger partial charge in [-0.1, -0.05) is 13.8 Å². The number of hydrogen-bond acceptors (Lipinski definition) is 5. The summed E-state index contributed by atoms with van der Waals surface area (Å²) in [6.07, 6.45) is 0.914. The molecule has 1 fully saturated rings. The van der Waals surface area contributed by atoms with Gasteiger partial charge < -0.3 is 10.0 Å². The van der Waals surface area contributed by atoms with Gasteiger partial charge in [0.1, 0.15) is 0 Å². The number of pyridine rings is 1. The van der Waals surface area contributed by atoms with Crippen LogP contribution >= 0.6 is 0 Å². The Hall–Kier alpha value is -2.18. The highest BCUT2D eigenvalue weighted by Crippen LogP contribution is 2.31. The summed E-state index contributed by atoms with van der Waals surface area (Å²) in [5.41, 5.74) is -0.311. The Bertz CT molecular complexity index is 546. The fourth-order valence-electron chi connectivity index (χ4n) is 2.39. The van der Waals surface area contributed by atoms with Gasteiger partial charge in [0.05, 0.1) is 4.92 Å². The zero-order valence-electron chi connectivity index (χ0n) is 11.4. The molecular formula is C13H17N3O4. The maximum atomic E-state index is 11.1. The Morgan fingerprint density at radius 3 is 2.70 bits per heavy atom. The van der Waals surface area contributed by atoms with Crippen LogP contribution in [0, 0.1) is 22.0 Å². The molecule has 2 atom stereocenters. The molecule has 0 saturated carbocycles. The van der Waals surface area contributed by atoms with Crippen molar-refractivity contribution < 1.29 is 14.8 Å². The van der Waals surface area contributed by atoms with E-state index in [0.717, 1.165) is 6.42 Å². The lowest BCUT2D eigenvalue weighted by atomic mass is 9.88. The SMILES string of the molecule is CC1CCN(c2nc(C(=O)O)ccc2[N+](=O)[O-])CC1C. The summed E-state index contributed by atoms with van der Waals surface area (Å²) in [6.45, 7) is 5.54. The number of nitrogens with zero attached hydrogens (tertiary/aromatic N) is 3. The molecule has 0 radical (unpaired) electrons. The van der Waals surface area contributed by atoms with Gasteiger partial charge >= 0.3 is 11.7 Å². The van der Waals surface area contributed by atoms with Crippen LogP contribution in [0.3, 0.4) is 0 Å². The van der Waals surface area contributed by atoms with Crippen LogP contribution in [0.15, 0.2) is 12.1 Å². The molecular weight excluding hydrogens is 262 g/mol. The summed E-state index contributed by atoms with van der Waals surface area (Å²) < 4.78 is 0. The van der Waals surface area contributed by atoms with Crippen molar-refractivity contribution in [3.63, 3.8) is 0 Å². The van der Waals surface area contributed by atoms with Crippen LogP contribution in [0.1, 0.15) is 30.8 Å². The molecule has 108 valence electrons. The van der Waals surface area contributed by atoms with Crippen molar-refractivity contribution in [2.45, 2.75) is 20.3 Å². The van der Waals surface area contributed by atoms with Gasteiger partial charge in [-0.15, -0.1) is 0 Å². The Labute approximate surface area is 116 Å². The molecule has 2 heterocycles. The molecule has 2 rings (SSSR count). The number of hydrogen-bond donors (Lipinski definition) is 1. The van der Waals surface area contributed by atoms with Crippen molar-refractivity contribution in [2.75, 3.05) is 18.0 Å². The van der Waals surface area contributed by atoms with E-state index < -0.39 is 10.9 Å². The molecule has 1 saturated heterocycles. The monoisotopic (exact) mass is 279 g/mol. The predicted molar refractivity (Wildman–Crippen MR) is 73.0 cm³/mol. The number of nitro groups is 1. The van der Waals surface area contributed by atoms with Crippen LogP contribution in [0.4, 0.5) is 11.5 Å². The van der Waals surface area contributed by atoms with E-state index in [2.05, 4.69) is 18.8 Å². The van der Waals surface area contributed by atoms with Gasteiger partial charge in [-0.3, -0.25) is 10.1 Å². The predicted octanol–water partition coefficient (Wildman–Crippen LogP) is 2.17. The summed E-state index contributed by atoms with van der Waals surface area (Å²) in [6, 6.07) is 2.38. The second-order valence-corrected chi connectivity index (χ2v) is 5.29. The third-order valence-corrected chi connectivity index (χ3v) is 3.90. The summed E-state index contributed by atoms with van der Waals surface area (Å²) in [5, 5.41) is 20.1. The molecule has 0 amide bonds. The average Bonchev–Trinajstić information content (AvgIpc) is 2.41. The largest absolute Gasteiger partial charge is 0.477 e. The first-order valence-corrected chi connectivity index (χ1v) is 6.53. The Morgan fingerprint density at radius 1 is 1.45 bits per heavy atom. The van der Waals surface area contributed by atoms with Crippen molar-refractivity contribution in [1.29, 1.82) is 0 Å². The van der Waals surface area contributed by atoms with E-state index in [1.54, 1.807) is 0 Å². The molecule has 1 aliphatic heterocycles. The molecule has 2 unspecified atom stereocenters. The van der Waals surface area contributed by atoms with Crippen LogP contribution in [-0.2, 0) is 0 Å². The van der Waals surface area contributed by atoms with Gasteiger partial charge in [-0.05, 0) is 24.3 Å². The first-order valence-electron chi connectivity index (χ1n) is 6.53. The zero-order chi connectivity index (χ0) is 14.9. The van der Waals surface area contributed by atoms with E-state index in [9.17, 15) is 14.9 Å². The zero-order valence-corrected chi connectivity index (χ0v) is 11.4. The number of piperidine rings is 1. The Morgan fingerprint density at radius 2 is 2.15 bits per heavy atom.